The number of benzene rings is 14. The summed E-state index contributed by atoms with van der Waals surface area (Å²) in [5, 5.41) is 95.8. The molecule has 14 aromatic carbocycles. The number of cyclic esters (lactones) is 4. The molecule has 0 bridgehead atoms. The molecule has 668 valence electrons. The molecule has 8 aliphatic heterocycles. The van der Waals surface area contributed by atoms with Gasteiger partial charge >= 0.3 is 23.9 Å². The first-order valence-corrected chi connectivity index (χ1v) is 46.3. The number of aliphatic hydroxyl groups is 9. The number of hydrogen-bond acceptors (Lipinski definition) is 26. The zero-order valence-corrected chi connectivity index (χ0v) is 73.3. The number of hydrogen-bond donors (Lipinski definition) is 9. The summed E-state index contributed by atoms with van der Waals surface area (Å²) in [5.41, 5.74) is 23.2. The molecular formula is C106H85NO25Si. The molecule has 26 nitrogen and oxygen atoms in total. The van der Waals surface area contributed by atoms with E-state index in [0.717, 1.165) is 71.8 Å². The number of carbonyl (C=O) groups is 4. The van der Waals surface area contributed by atoms with Gasteiger partial charge in [-0.1, -0.05) is 116 Å². The predicted molar refractivity (Wildman–Crippen MR) is 493 cm³/mol. The number of fused-ring (bicyclic) bond motifs is 12. The van der Waals surface area contributed by atoms with E-state index in [9.17, 15) is 65.1 Å². The third kappa shape index (κ3) is 15.8. The second-order valence-corrected chi connectivity index (χ2v) is 38.2. The highest BCUT2D eigenvalue weighted by Crippen LogP contribution is 2.53. The van der Waals surface area contributed by atoms with E-state index in [1.165, 1.54) is 0 Å². The minimum Gasteiger partial charge on any atom is -0.457 e. The van der Waals surface area contributed by atoms with Crippen LogP contribution >= 0.6 is 0 Å². The Morgan fingerprint density at radius 2 is 0.624 bits per heavy atom. The summed E-state index contributed by atoms with van der Waals surface area (Å²) >= 11 is 0. The summed E-state index contributed by atoms with van der Waals surface area (Å²) in [5.74, 6) is 9.20. The van der Waals surface area contributed by atoms with Crippen molar-refractivity contribution in [2.75, 3.05) is 27.2 Å². The zero-order chi connectivity index (χ0) is 92.4. The van der Waals surface area contributed by atoms with Crippen LogP contribution < -0.4 is 37.9 Å². The Hall–Kier alpha value is -15.0. The van der Waals surface area contributed by atoms with Gasteiger partial charge in [0.2, 0.25) is 27.2 Å². The highest BCUT2D eigenvalue weighted by molar-refractivity contribution is 6.84. The summed E-state index contributed by atoms with van der Waals surface area (Å²) in [4.78, 5) is 57.0. The van der Waals surface area contributed by atoms with Crippen molar-refractivity contribution in [3.8, 4) is 114 Å². The normalized spacial score (nSPS) is 14.1. The van der Waals surface area contributed by atoms with Gasteiger partial charge in [0, 0.05) is 72.1 Å². The number of nitrogens with zero attached hydrogens (tertiary/aromatic N) is 1. The van der Waals surface area contributed by atoms with Crippen LogP contribution in [0.1, 0.15) is 149 Å². The van der Waals surface area contributed by atoms with Crippen molar-refractivity contribution < 1.29 is 122 Å². The monoisotopic (exact) mass is 1800 g/mol. The number of aliphatic hydroxyl groups excluding tert-OH is 9. The molecule has 0 spiro atoms. The number of carbonyl (C=O) groups excluding carboxylic acids is 4. The fourth-order valence-electron chi connectivity index (χ4n) is 18.4. The first-order valence-electron chi connectivity index (χ1n) is 42.8. The van der Waals surface area contributed by atoms with Crippen molar-refractivity contribution in [3.05, 3.63) is 299 Å². The maximum Gasteiger partial charge on any atom is 0.339 e. The maximum absolute atomic E-state index is 13.4. The quantitative estimate of drug-likeness (QED) is 0.0143. The summed E-state index contributed by atoms with van der Waals surface area (Å²) in [6.07, 6.45) is 4.94. The smallest absolute Gasteiger partial charge is 0.339 e. The molecule has 133 heavy (non-hydrogen) atoms. The van der Waals surface area contributed by atoms with Crippen LogP contribution in [-0.4, -0.2) is 111 Å². The Balaban J connectivity index is 0.000000115. The number of esters is 4. The standard InChI is InChI=1S/C34H25NO6.C26H24O6Si.C23H20O7.C23H16O6/c36-16-23-13-25-26(14-24(23)17-37)33(35-32(20-7-3-1-4-8-20)21-9-5-2-6-10-21)27-18-39-34(38)31(27)30(25)22-11-12-28-29(15-22)41-19-40-28;1-33(2,3)7-6-18-19-8-16(11-27)17(12-28)9-20(19)24(25-21(18)13-30-26(25)29)15-4-5-22-23(10-15)32-14-31-22;1-11(26)20-15-4-13(7-24)14(8-25)5-16(15)21(22-17(20)9-28-23(22)27)12-2-3-18-19(6-12)30-10-29-18;1-2-15-16-5-13(8-24)14(9-25)6-17(16)21(22-18(15)10-27-23(22)26)12-3-4-19-20(7-12)29-11-28-19/h1-15,36-37H,16-19H2;4-5,8-10,27-28H,11-14H2,1-3H3;2-6,11,24-26H,7-10H2,1H3;1,3-7,24-25H,8-11H2. The van der Waals surface area contributed by atoms with Crippen molar-refractivity contribution >= 4 is 86.4 Å². The van der Waals surface area contributed by atoms with Gasteiger partial charge < -0.3 is 103 Å². The van der Waals surface area contributed by atoms with Crippen molar-refractivity contribution in [2.24, 2.45) is 4.99 Å². The second-order valence-electron chi connectivity index (χ2n) is 33.4. The van der Waals surface area contributed by atoms with Crippen LogP contribution in [0.2, 0.25) is 19.6 Å². The van der Waals surface area contributed by atoms with Crippen LogP contribution in [-0.2, 0) is 98.2 Å². The van der Waals surface area contributed by atoms with Crippen molar-refractivity contribution in [3.63, 3.8) is 0 Å². The van der Waals surface area contributed by atoms with Gasteiger partial charge in [0.25, 0.3) is 0 Å². The van der Waals surface area contributed by atoms with Crippen LogP contribution in [0.5, 0.6) is 46.0 Å². The molecular weight excluding hydrogens is 1720 g/mol. The molecule has 9 N–H and O–H groups in total. The lowest BCUT2D eigenvalue weighted by Gasteiger charge is -2.20. The minimum atomic E-state index is -1.71. The average molecular weight is 1800 g/mol. The second kappa shape index (κ2) is 36.1. The summed E-state index contributed by atoms with van der Waals surface area (Å²) in [6.45, 7) is 7.07. The molecule has 27 heteroatoms. The van der Waals surface area contributed by atoms with Gasteiger partial charge in [-0.15, -0.1) is 12.0 Å². The fraction of sp³-hybridized carbons (Fsp3) is 0.198. The van der Waals surface area contributed by atoms with E-state index in [1.54, 1.807) is 43.3 Å². The number of terminal acetylenes is 1. The van der Waals surface area contributed by atoms with E-state index in [0.29, 0.717) is 190 Å². The van der Waals surface area contributed by atoms with Gasteiger partial charge in [0.15, 0.2) is 46.0 Å². The Morgan fingerprint density at radius 3 is 0.970 bits per heavy atom. The van der Waals surface area contributed by atoms with E-state index >= 15 is 0 Å². The van der Waals surface area contributed by atoms with Crippen LogP contribution in [0, 0.1) is 23.8 Å². The number of ether oxygens (including phenoxy) is 12. The van der Waals surface area contributed by atoms with Gasteiger partial charge in [-0.3, -0.25) is 0 Å². The van der Waals surface area contributed by atoms with Crippen LogP contribution in [0.25, 0.3) is 87.6 Å². The Bertz CT molecular complexity index is 7340. The van der Waals surface area contributed by atoms with Crippen molar-refractivity contribution in [2.45, 2.75) is 112 Å². The molecule has 8 heterocycles. The number of aliphatic imine (C=N–C) groups is 1. The lowest BCUT2D eigenvalue weighted by atomic mass is 9.83. The summed E-state index contributed by atoms with van der Waals surface area (Å²) in [7, 11) is -1.71. The molecule has 22 rings (SSSR count). The van der Waals surface area contributed by atoms with Gasteiger partial charge in [-0.05, 0) is 214 Å². The van der Waals surface area contributed by atoms with Gasteiger partial charge in [0.05, 0.1) is 92.6 Å². The lowest BCUT2D eigenvalue weighted by Crippen LogP contribution is -2.16. The van der Waals surface area contributed by atoms with Crippen molar-refractivity contribution in [1.29, 1.82) is 0 Å². The summed E-state index contributed by atoms with van der Waals surface area (Å²) in [6, 6.07) is 56.2. The zero-order valence-electron chi connectivity index (χ0n) is 72.3. The van der Waals surface area contributed by atoms with Gasteiger partial charge in [-0.2, -0.15) is 0 Å². The van der Waals surface area contributed by atoms with Gasteiger partial charge in [0.1, 0.15) is 34.5 Å². The summed E-state index contributed by atoms with van der Waals surface area (Å²) < 4.78 is 65.8. The van der Waals surface area contributed by atoms with E-state index in [1.807, 2.05) is 146 Å². The molecule has 0 radical (unpaired) electrons. The third-order valence-electron chi connectivity index (χ3n) is 24.6. The molecule has 0 fully saturated rings. The SMILES string of the molecule is C#Cc1c2c(c(-c3ccc4c(c3)OCO4)c3cc(CO)c(CO)cc13)C(=O)OC2.CC(O)c1c2c(c(-c3ccc4c(c3)OCO4)c3cc(CO)c(CO)cc13)C(=O)OC2.C[Si](C)(C)C#Cc1c2c(c(-c3ccc4c(c3)OCO4)c3cc(CO)c(CO)cc13)C(=O)OC2.O=C1OCc2c1c(-c1ccc3c(c1)OCO3)c1cc(CO)c(CO)cc1c2N=C(c1ccccc1)c1ccccc1. The van der Waals surface area contributed by atoms with Crippen LogP contribution in [0.15, 0.2) is 187 Å². The molecule has 0 aliphatic carbocycles. The Morgan fingerprint density at radius 1 is 0.338 bits per heavy atom. The molecule has 0 saturated carbocycles. The molecule has 1 unspecified atom stereocenters. The Kier molecular flexibility index (Phi) is 23.7. The topological polar surface area (TPSA) is 373 Å². The molecule has 0 aromatic heterocycles. The first kappa shape index (κ1) is 87.4. The van der Waals surface area contributed by atoms with E-state index in [2.05, 4.69) is 37.0 Å². The molecule has 8 aliphatic rings. The molecule has 0 saturated heterocycles. The van der Waals surface area contributed by atoms with Crippen molar-refractivity contribution in [1.82, 2.24) is 0 Å². The van der Waals surface area contributed by atoms with E-state index in [-0.39, 0.29) is 106 Å². The van der Waals surface area contributed by atoms with E-state index < -0.39 is 38.1 Å². The fourth-order valence-corrected chi connectivity index (χ4v) is 18.9. The van der Waals surface area contributed by atoms with Crippen LogP contribution in [0.3, 0.4) is 0 Å². The third-order valence-corrected chi connectivity index (χ3v) is 25.5. The molecule has 1 atom stereocenters. The predicted octanol–water partition coefficient (Wildman–Crippen LogP) is 16.0. The molecule has 14 aromatic rings. The Labute approximate surface area is 761 Å². The minimum absolute atomic E-state index is 0.0631. The van der Waals surface area contributed by atoms with Gasteiger partial charge in [-0.25, -0.2) is 24.2 Å². The first-order chi connectivity index (χ1) is 64.6. The molecule has 0 amide bonds. The van der Waals surface area contributed by atoms with E-state index in [4.69, 9.17) is 68.3 Å². The largest absolute Gasteiger partial charge is 0.457 e. The highest BCUT2D eigenvalue weighted by Gasteiger charge is 2.39. The average Bonchev–Trinajstić information content (AvgIpc) is 1.67. The van der Waals surface area contributed by atoms with Crippen LogP contribution in [0.4, 0.5) is 5.69 Å². The highest BCUT2D eigenvalue weighted by atomic mass is 28.3. The lowest BCUT2D eigenvalue weighted by molar-refractivity contribution is 0.0525. The number of rotatable bonds is 16. The maximum atomic E-state index is 13.4.